The lowest BCUT2D eigenvalue weighted by Crippen LogP contribution is -2.35. The van der Waals surface area contributed by atoms with E-state index in [-0.39, 0.29) is 18.0 Å². The first kappa shape index (κ1) is 14.7. The van der Waals surface area contributed by atoms with Crippen LogP contribution in [0.25, 0.3) is 0 Å². The molecular weight excluding hydrogens is 250 g/mol. The Balaban J connectivity index is 2.83. The summed E-state index contributed by atoms with van der Waals surface area (Å²) in [6, 6.07) is 5.99. The van der Waals surface area contributed by atoms with E-state index in [0.29, 0.717) is 0 Å². The van der Waals surface area contributed by atoms with E-state index >= 15 is 0 Å². The monoisotopic (exact) mass is 265 g/mol. The number of carbonyl (C=O) groups excluding carboxylic acids is 1. The number of para-hydroxylation sites is 2. The Labute approximate surface area is 110 Å². The highest BCUT2D eigenvalue weighted by atomic mass is 16.6. The Bertz CT molecular complexity index is 500. The van der Waals surface area contributed by atoms with Crippen LogP contribution < -0.4 is 4.74 Å². The fourth-order valence-corrected chi connectivity index (χ4v) is 1.41. The zero-order chi connectivity index (χ0) is 14.5. The zero-order valence-corrected chi connectivity index (χ0v) is 10.8. The van der Waals surface area contributed by atoms with Crippen LogP contribution >= 0.6 is 0 Å². The van der Waals surface area contributed by atoms with Gasteiger partial charge in [0.2, 0.25) is 0 Å². The number of nitro benzene ring substituents is 1. The molecule has 1 aromatic rings. The van der Waals surface area contributed by atoms with Gasteiger partial charge < -0.3 is 9.47 Å². The molecule has 0 aliphatic rings. The fourth-order valence-electron chi connectivity index (χ4n) is 1.41. The van der Waals surface area contributed by atoms with Crippen LogP contribution in [0.4, 0.5) is 5.69 Å². The van der Waals surface area contributed by atoms with Gasteiger partial charge in [-0.1, -0.05) is 18.7 Å². The Hall–Kier alpha value is -2.37. The molecule has 0 amide bonds. The molecule has 19 heavy (non-hydrogen) atoms. The number of ether oxygens (including phenoxy) is 2. The second kappa shape index (κ2) is 5.99. The zero-order valence-electron chi connectivity index (χ0n) is 10.8. The van der Waals surface area contributed by atoms with Crippen LogP contribution in [0.3, 0.4) is 0 Å². The molecule has 6 nitrogen and oxygen atoms in total. The minimum absolute atomic E-state index is 0.0546. The lowest BCUT2D eigenvalue weighted by molar-refractivity contribution is -0.386. The molecule has 1 aromatic carbocycles. The molecule has 0 saturated heterocycles. The lowest BCUT2D eigenvalue weighted by atomic mass is 10.1. The molecule has 0 radical (unpaired) electrons. The maximum absolute atomic E-state index is 11.0. The molecular formula is C13H15NO5. The summed E-state index contributed by atoms with van der Waals surface area (Å²) in [6.07, 6.45) is 1.42. The highest BCUT2D eigenvalue weighted by molar-refractivity contribution is 5.66. The second-order valence-corrected chi connectivity index (χ2v) is 4.12. The summed E-state index contributed by atoms with van der Waals surface area (Å²) in [5.74, 6) is -0.360. The summed E-state index contributed by atoms with van der Waals surface area (Å²) in [4.78, 5) is 21.2. The fraction of sp³-hybridized carbons (Fsp3) is 0.308. The van der Waals surface area contributed by atoms with Crippen LogP contribution in [0.15, 0.2) is 36.9 Å². The molecule has 102 valence electrons. The van der Waals surface area contributed by atoms with Gasteiger partial charge in [-0.05, 0) is 19.1 Å². The lowest BCUT2D eigenvalue weighted by Gasteiger charge is -2.25. The van der Waals surface area contributed by atoms with Gasteiger partial charge in [0.05, 0.1) is 4.92 Å². The van der Waals surface area contributed by atoms with Crippen molar-refractivity contribution >= 4 is 11.7 Å². The van der Waals surface area contributed by atoms with Gasteiger partial charge in [0, 0.05) is 13.0 Å². The summed E-state index contributed by atoms with van der Waals surface area (Å²) < 4.78 is 10.4. The number of nitrogens with zero attached hydrogens (tertiary/aromatic N) is 1. The van der Waals surface area contributed by atoms with Crippen LogP contribution in [0.5, 0.6) is 5.75 Å². The number of nitro groups is 1. The molecule has 1 unspecified atom stereocenters. The largest absolute Gasteiger partial charge is 0.482 e. The SMILES string of the molecule is C=CC(C)(COc1ccccc1[N+](=O)[O-])OC(C)=O. The number of rotatable bonds is 6. The Kier molecular flexibility index (Phi) is 4.63. The van der Waals surface area contributed by atoms with Gasteiger partial charge in [0.15, 0.2) is 11.4 Å². The minimum atomic E-state index is -1.03. The van der Waals surface area contributed by atoms with Crippen LogP contribution in [-0.4, -0.2) is 23.1 Å². The number of hydrogen-bond acceptors (Lipinski definition) is 5. The quantitative estimate of drug-likeness (QED) is 0.341. The Morgan fingerprint density at radius 2 is 2.16 bits per heavy atom. The van der Waals surface area contributed by atoms with Crippen molar-refractivity contribution in [2.45, 2.75) is 19.4 Å². The van der Waals surface area contributed by atoms with Gasteiger partial charge in [0.25, 0.3) is 0 Å². The number of hydrogen-bond donors (Lipinski definition) is 0. The van der Waals surface area contributed by atoms with E-state index in [2.05, 4.69) is 6.58 Å². The summed E-state index contributed by atoms with van der Waals surface area (Å²) >= 11 is 0. The third-order valence-electron chi connectivity index (χ3n) is 2.38. The van der Waals surface area contributed by atoms with Gasteiger partial charge in [-0.25, -0.2) is 0 Å². The Morgan fingerprint density at radius 3 is 2.68 bits per heavy atom. The molecule has 0 heterocycles. The van der Waals surface area contributed by atoms with E-state index in [4.69, 9.17) is 9.47 Å². The van der Waals surface area contributed by atoms with Gasteiger partial charge >= 0.3 is 11.7 Å². The molecule has 0 bridgehead atoms. The van der Waals surface area contributed by atoms with Crippen molar-refractivity contribution in [3.05, 3.63) is 47.0 Å². The normalized spacial score (nSPS) is 13.2. The molecule has 1 atom stereocenters. The standard InChI is InChI=1S/C13H15NO5/c1-4-13(3,19-10(2)15)9-18-12-8-6-5-7-11(12)14(16)17/h4-8H,1,9H2,2-3H3. The van der Waals surface area contributed by atoms with Crippen molar-refractivity contribution in [3.63, 3.8) is 0 Å². The van der Waals surface area contributed by atoms with Gasteiger partial charge in [-0.15, -0.1) is 0 Å². The first-order valence-electron chi connectivity index (χ1n) is 5.57. The summed E-state index contributed by atoms with van der Waals surface area (Å²) in [6.45, 7) is 6.39. The number of carbonyl (C=O) groups is 1. The van der Waals surface area contributed by atoms with Crippen molar-refractivity contribution < 1.29 is 19.2 Å². The molecule has 1 rings (SSSR count). The van der Waals surface area contributed by atoms with E-state index in [9.17, 15) is 14.9 Å². The predicted octanol–water partition coefficient (Wildman–Crippen LogP) is 2.48. The van der Waals surface area contributed by atoms with Gasteiger partial charge in [-0.3, -0.25) is 14.9 Å². The number of benzene rings is 1. The van der Waals surface area contributed by atoms with Gasteiger partial charge in [0.1, 0.15) is 6.61 Å². The van der Waals surface area contributed by atoms with Crippen LogP contribution in [0.2, 0.25) is 0 Å². The first-order valence-corrected chi connectivity index (χ1v) is 5.57. The molecule has 0 N–H and O–H groups in total. The molecule has 6 heteroatoms. The van der Waals surface area contributed by atoms with E-state index < -0.39 is 16.5 Å². The predicted molar refractivity (Wildman–Crippen MR) is 69.0 cm³/mol. The maximum atomic E-state index is 11.0. The summed E-state index contributed by atoms with van der Waals surface area (Å²) in [5.41, 5.74) is -1.17. The van der Waals surface area contributed by atoms with Crippen molar-refractivity contribution in [2.75, 3.05) is 6.61 Å². The van der Waals surface area contributed by atoms with E-state index in [1.807, 2.05) is 0 Å². The van der Waals surface area contributed by atoms with Crippen molar-refractivity contribution in [1.29, 1.82) is 0 Å². The van der Waals surface area contributed by atoms with Gasteiger partial charge in [-0.2, -0.15) is 0 Å². The maximum Gasteiger partial charge on any atom is 0.310 e. The summed E-state index contributed by atoms with van der Waals surface area (Å²) in [5, 5.41) is 10.8. The smallest absolute Gasteiger partial charge is 0.310 e. The summed E-state index contributed by atoms with van der Waals surface area (Å²) in [7, 11) is 0. The Morgan fingerprint density at radius 1 is 1.53 bits per heavy atom. The van der Waals surface area contributed by atoms with Crippen LogP contribution in [0, 0.1) is 10.1 Å². The van der Waals surface area contributed by atoms with E-state index in [0.717, 1.165) is 0 Å². The molecule has 0 aromatic heterocycles. The van der Waals surface area contributed by atoms with Crippen molar-refractivity contribution in [1.82, 2.24) is 0 Å². The van der Waals surface area contributed by atoms with Crippen molar-refractivity contribution in [2.24, 2.45) is 0 Å². The number of esters is 1. The highest BCUT2D eigenvalue weighted by Gasteiger charge is 2.26. The van der Waals surface area contributed by atoms with E-state index in [1.54, 1.807) is 19.1 Å². The second-order valence-electron chi connectivity index (χ2n) is 4.12. The minimum Gasteiger partial charge on any atom is -0.482 e. The molecule has 0 aliphatic carbocycles. The van der Waals surface area contributed by atoms with Crippen LogP contribution in [-0.2, 0) is 9.53 Å². The molecule has 0 aliphatic heterocycles. The highest BCUT2D eigenvalue weighted by Crippen LogP contribution is 2.27. The van der Waals surface area contributed by atoms with Crippen molar-refractivity contribution in [3.8, 4) is 5.75 Å². The average Bonchev–Trinajstić information content (AvgIpc) is 2.36. The topological polar surface area (TPSA) is 78.7 Å². The average molecular weight is 265 g/mol. The molecule has 0 fully saturated rings. The van der Waals surface area contributed by atoms with Crippen LogP contribution in [0.1, 0.15) is 13.8 Å². The first-order chi connectivity index (χ1) is 8.88. The molecule has 0 saturated carbocycles. The third-order valence-corrected chi connectivity index (χ3v) is 2.38. The molecule has 0 spiro atoms. The third kappa shape index (κ3) is 4.09. The van der Waals surface area contributed by atoms with E-state index in [1.165, 1.54) is 25.1 Å².